The molecular formula is C31H32FN7O2. The molecule has 9 nitrogen and oxygen atoms in total. The summed E-state index contributed by atoms with van der Waals surface area (Å²) in [7, 11) is 0. The van der Waals surface area contributed by atoms with E-state index < -0.39 is 18.4 Å². The van der Waals surface area contributed by atoms with Crippen molar-refractivity contribution in [2.45, 2.75) is 58.1 Å². The Hall–Kier alpha value is -4.44. The van der Waals surface area contributed by atoms with Gasteiger partial charge >= 0.3 is 5.97 Å². The Bertz CT molecular complexity index is 1660. The molecule has 4 heterocycles. The summed E-state index contributed by atoms with van der Waals surface area (Å²) in [4.78, 5) is 28.1. The highest BCUT2D eigenvalue weighted by Gasteiger charge is 2.33. The molecule has 10 heteroatoms. The zero-order chi connectivity index (χ0) is 28.2. The summed E-state index contributed by atoms with van der Waals surface area (Å²) in [6, 6.07) is 17.9. The van der Waals surface area contributed by atoms with Gasteiger partial charge in [-0.1, -0.05) is 37.3 Å². The van der Waals surface area contributed by atoms with Crippen LogP contribution < -0.4 is 5.32 Å². The standard InChI is InChI=1S/C31H32FN7O2/c1-2-7-29(32)41-31(40)28-10-6-13-38(28)19-24-15-25-26(17-33-24)34-20-35-30(25)37-23-11-12-27-22(14-23)16-36-39(27)18-21-8-4-3-5-9-21/h3-5,8-9,11-12,14-17,20,28-29H,2,6-7,10,13,18-19H2,1H3,(H,34,35,37)/t28-,29?/m1/s1. The summed E-state index contributed by atoms with van der Waals surface area (Å²) in [5.41, 5.74) is 4.60. The Balaban J connectivity index is 1.19. The first kappa shape index (κ1) is 26.8. The number of esters is 1. The first-order valence-electron chi connectivity index (χ1n) is 14.0. The van der Waals surface area contributed by atoms with E-state index in [2.05, 4.69) is 49.6 Å². The smallest absolute Gasteiger partial charge is 0.325 e. The third kappa shape index (κ3) is 6.02. The average Bonchev–Trinajstić information content (AvgIpc) is 3.61. The van der Waals surface area contributed by atoms with E-state index >= 15 is 0 Å². The van der Waals surface area contributed by atoms with Gasteiger partial charge in [-0.2, -0.15) is 5.10 Å². The zero-order valence-corrected chi connectivity index (χ0v) is 22.9. The fraction of sp³-hybridized carbons (Fsp3) is 0.323. The van der Waals surface area contributed by atoms with Gasteiger partial charge in [0.2, 0.25) is 6.36 Å². The molecule has 0 aliphatic carbocycles. The van der Waals surface area contributed by atoms with Crippen LogP contribution in [0.5, 0.6) is 0 Å². The van der Waals surface area contributed by atoms with Crippen LogP contribution in [0.15, 0.2) is 73.3 Å². The molecule has 0 saturated carbocycles. The fourth-order valence-corrected chi connectivity index (χ4v) is 5.35. The molecule has 1 saturated heterocycles. The molecule has 1 N–H and O–H groups in total. The number of rotatable bonds is 10. The van der Waals surface area contributed by atoms with Gasteiger partial charge in [0, 0.05) is 29.4 Å². The molecule has 2 atom stereocenters. The number of nitrogens with zero attached hydrogens (tertiary/aromatic N) is 6. The van der Waals surface area contributed by atoms with Crippen LogP contribution in [0, 0.1) is 0 Å². The lowest BCUT2D eigenvalue weighted by Gasteiger charge is -2.23. The maximum atomic E-state index is 13.9. The molecule has 1 aliphatic heterocycles. The molecular weight excluding hydrogens is 521 g/mol. The highest BCUT2D eigenvalue weighted by molar-refractivity contribution is 5.91. The van der Waals surface area contributed by atoms with E-state index in [0.29, 0.717) is 37.3 Å². The Kier molecular flexibility index (Phi) is 7.82. The Morgan fingerprint density at radius 2 is 1.98 bits per heavy atom. The number of hydrogen-bond donors (Lipinski definition) is 1. The summed E-state index contributed by atoms with van der Waals surface area (Å²) in [5, 5.41) is 9.87. The van der Waals surface area contributed by atoms with Crippen LogP contribution >= 0.6 is 0 Å². The molecule has 41 heavy (non-hydrogen) atoms. The number of likely N-dealkylation sites (tertiary alicyclic amines) is 1. The highest BCUT2D eigenvalue weighted by atomic mass is 19.1. The molecule has 1 fully saturated rings. The molecule has 3 aromatic heterocycles. The van der Waals surface area contributed by atoms with Crippen molar-refractivity contribution in [3.05, 3.63) is 84.6 Å². The number of anilines is 2. The van der Waals surface area contributed by atoms with Gasteiger partial charge in [0.25, 0.3) is 0 Å². The molecule has 1 unspecified atom stereocenters. The van der Waals surface area contributed by atoms with Gasteiger partial charge in [-0.3, -0.25) is 19.4 Å². The lowest BCUT2D eigenvalue weighted by molar-refractivity contribution is -0.164. The largest absolute Gasteiger partial charge is 0.430 e. The van der Waals surface area contributed by atoms with Crippen molar-refractivity contribution in [3.8, 4) is 0 Å². The number of aromatic nitrogens is 5. The Morgan fingerprint density at radius 3 is 2.83 bits per heavy atom. The maximum Gasteiger partial charge on any atom is 0.325 e. The first-order chi connectivity index (χ1) is 20.1. The fourth-order valence-electron chi connectivity index (χ4n) is 5.35. The molecule has 0 bridgehead atoms. The van der Waals surface area contributed by atoms with Gasteiger partial charge in [-0.25, -0.2) is 14.4 Å². The number of benzene rings is 2. The first-order valence-corrected chi connectivity index (χ1v) is 14.0. The quantitative estimate of drug-likeness (QED) is 0.218. The molecule has 1 aliphatic rings. The number of nitrogens with one attached hydrogen (secondary N) is 1. The molecule has 0 amide bonds. The van der Waals surface area contributed by atoms with Gasteiger partial charge in [-0.05, 0) is 55.6 Å². The van der Waals surface area contributed by atoms with Crippen LogP contribution in [0.25, 0.3) is 21.8 Å². The molecule has 0 spiro atoms. The summed E-state index contributed by atoms with van der Waals surface area (Å²) in [5.74, 6) is 0.157. The van der Waals surface area contributed by atoms with Crippen molar-refractivity contribution in [2.75, 3.05) is 11.9 Å². The molecule has 210 valence electrons. The van der Waals surface area contributed by atoms with E-state index in [0.717, 1.165) is 40.6 Å². The van der Waals surface area contributed by atoms with E-state index in [4.69, 9.17) is 4.74 Å². The van der Waals surface area contributed by atoms with Crippen LogP contribution in [0.4, 0.5) is 15.9 Å². The third-order valence-corrected chi connectivity index (χ3v) is 7.42. The van der Waals surface area contributed by atoms with Crippen molar-refractivity contribution < 1.29 is 13.9 Å². The second kappa shape index (κ2) is 12.0. The number of ether oxygens (including phenoxy) is 1. The number of hydrogen-bond acceptors (Lipinski definition) is 8. The SMILES string of the molecule is CCCC(F)OC(=O)[C@H]1CCCN1Cc1cc2c(Nc3ccc4c(cnn4Cc4ccccc4)c3)ncnc2cn1. The lowest BCUT2D eigenvalue weighted by atomic mass is 10.2. The minimum atomic E-state index is -1.56. The van der Waals surface area contributed by atoms with Crippen LogP contribution in [0.1, 0.15) is 43.9 Å². The van der Waals surface area contributed by atoms with Gasteiger partial charge in [0.15, 0.2) is 0 Å². The monoisotopic (exact) mass is 553 g/mol. The molecule has 2 aromatic carbocycles. The number of carbonyl (C=O) groups is 1. The minimum absolute atomic E-state index is 0.212. The van der Waals surface area contributed by atoms with E-state index in [1.165, 1.54) is 11.9 Å². The van der Waals surface area contributed by atoms with Gasteiger partial charge in [0.1, 0.15) is 18.2 Å². The highest BCUT2D eigenvalue weighted by Crippen LogP contribution is 2.28. The normalized spacial score (nSPS) is 16.3. The van der Waals surface area contributed by atoms with E-state index in [1.54, 1.807) is 6.20 Å². The number of carbonyl (C=O) groups excluding carboxylic acids is 1. The predicted octanol–water partition coefficient (Wildman–Crippen LogP) is 5.77. The predicted molar refractivity (Wildman–Crippen MR) is 155 cm³/mol. The van der Waals surface area contributed by atoms with Crippen molar-refractivity contribution >= 4 is 39.3 Å². The van der Waals surface area contributed by atoms with Gasteiger partial charge in [0.05, 0.1) is 35.7 Å². The van der Waals surface area contributed by atoms with Crippen LogP contribution in [-0.4, -0.2) is 54.5 Å². The summed E-state index contributed by atoms with van der Waals surface area (Å²) in [6.45, 7) is 3.73. The lowest BCUT2D eigenvalue weighted by Crippen LogP contribution is -2.38. The van der Waals surface area contributed by atoms with Gasteiger partial charge in [-0.15, -0.1) is 0 Å². The van der Waals surface area contributed by atoms with E-state index in [1.807, 2.05) is 53.0 Å². The second-order valence-electron chi connectivity index (χ2n) is 10.4. The number of fused-ring (bicyclic) bond motifs is 2. The topological polar surface area (TPSA) is 98.1 Å². The van der Waals surface area contributed by atoms with Gasteiger partial charge < -0.3 is 10.1 Å². The number of alkyl halides is 1. The van der Waals surface area contributed by atoms with Crippen molar-refractivity contribution in [2.24, 2.45) is 0 Å². The van der Waals surface area contributed by atoms with Crippen LogP contribution in [0.3, 0.4) is 0 Å². The Labute approximate surface area is 237 Å². The average molecular weight is 554 g/mol. The second-order valence-corrected chi connectivity index (χ2v) is 10.4. The zero-order valence-electron chi connectivity index (χ0n) is 22.9. The van der Waals surface area contributed by atoms with E-state index in [-0.39, 0.29) is 6.42 Å². The van der Waals surface area contributed by atoms with Crippen LogP contribution in [-0.2, 0) is 22.6 Å². The molecule has 5 aromatic rings. The summed E-state index contributed by atoms with van der Waals surface area (Å²) >= 11 is 0. The third-order valence-electron chi connectivity index (χ3n) is 7.42. The molecule has 0 radical (unpaired) electrons. The van der Waals surface area contributed by atoms with Crippen molar-refractivity contribution in [1.29, 1.82) is 0 Å². The van der Waals surface area contributed by atoms with Crippen LogP contribution in [0.2, 0.25) is 0 Å². The summed E-state index contributed by atoms with van der Waals surface area (Å²) < 4.78 is 21.0. The molecule has 6 rings (SSSR count). The minimum Gasteiger partial charge on any atom is -0.430 e. The van der Waals surface area contributed by atoms with Crippen molar-refractivity contribution in [1.82, 2.24) is 29.6 Å². The maximum absolute atomic E-state index is 13.9. The summed E-state index contributed by atoms with van der Waals surface area (Å²) in [6.07, 6.45) is 5.86. The van der Waals surface area contributed by atoms with E-state index in [9.17, 15) is 9.18 Å². The number of halogens is 1. The number of pyridine rings is 1. The Morgan fingerprint density at radius 1 is 1.10 bits per heavy atom. The van der Waals surface area contributed by atoms with Crippen molar-refractivity contribution in [3.63, 3.8) is 0 Å².